The summed E-state index contributed by atoms with van der Waals surface area (Å²) in [4.78, 5) is 17.5. The van der Waals surface area contributed by atoms with Gasteiger partial charge in [-0.05, 0) is 68.5 Å². The minimum atomic E-state index is -0.387. The van der Waals surface area contributed by atoms with Crippen molar-refractivity contribution in [1.29, 1.82) is 5.26 Å². The molecule has 7 nitrogen and oxygen atoms in total. The number of fused-ring (bicyclic) bond motifs is 1. The van der Waals surface area contributed by atoms with Crippen LogP contribution in [0.4, 0.5) is 5.82 Å². The van der Waals surface area contributed by atoms with E-state index in [2.05, 4.69) is 16.5 Å². The van der Waals surface area contributed by atoms with Crippen LogP contribution in [0.3, 0.4) is 0 Å². The molecule has 33 heavy (non-hydrogen) atoms. The minimum Gasteiger partial charge on any atom is -0.483 e. The van der Waals surface area contributed by atoms with Crippen LogP contribution in [-0.4, -0.2) is 27.3 Å². The normalized spacial score (nSPS) is 10.8. The Kier molecular flexibility index (Phi) is 5.84. The maximum atomic E-state index is 12.8. The third-order valence-electron chi connectivity index (χ3n) is 5.82. The Labute approximate surface area is 192 Å². The number of amides is 1. The molecular weight excluding hydrogens is 414 g/mol. The first-order valence-electron chi connectivity index (χ1n) is 10.6. The first-order chi connectivity index (χ1) is 15.8. The number of ether oxygens (including phenoxy) is 1. The van der Waals surface area contributed by atoms with E-state index >= 15 is 0 Å². The van der Waals surface area contributed by atoms with Gasteiger partial charge in [-0.1, -0.05) is 30.3 Å². The first-order valence-corrected chi connectivity index (χ1v) is 10.6. The van der Waals surface area contributed by atoms with E-state index in [1.54, 1.807) is 0 Å². The van der Waals surface area contributed by atoms with Crippen molar-refractivity contribution in [2.24, 2.45) is 0 Å². The molecule has 0 aliphatic rings. The maximum absolute atomic E-state index is 12.8. The number of nitrogens with zero attached hydrogens (tertiary/aromatic N) is 4. The van der Waals surface area contributed by atoms with Crippen molar-refractivity contribution in [1.82, 2.24) is 14.8 Å². The van der Waals surface area contributed by atoms with E-state index in [-0.39, 0.29) is 23.9 Å². The van der Waals surface area contributed by atoms with Crippen LogP contribution in [-0.2, 0) is 4.79 Å². The number of benzene rings is 2. The number of para-hydroxylation sites is 1. The average Bonchev–Trinajstić information content (AvgIpc) is 3.19. The van der Waals surface area contributed by atoms with E-state index < -0.39 is 0 Å². The molecular formula is C26H25N5O2. The van der Waals surface area contributed by atoms with Crippen LogP contribution in [0.2, 0.25) is 0 Å². The molecule has 0 atom stereocenters. The number of rotatable bonds is 5. The van der Waals surface area contributed by atoms with E-state index in [1.807, 2.05) is 71.0 Å². The quantitative estimate of drug-likeness (QED) is 0.480. The summed E-state index contributed by atoms with van der Waals surface area (Å²) in [6.07, 6.45) is 1.42. The second-order valence-electron chi connectivity index (χ2n) is 8.19. The highest BCUT2D eigenvalue weighted by Gasteiger charge is 2.18. The zero-order valence-electron chi connectivity index (χ0n) is 19.4. The fourth-order valence-electron chi connectivity index (χ4n) is 3.83. The molecule has 0 saturated carbocycles. The molecule has 1 N–H and O–H groups in total. The Hall–Kier alpha value is -4.18. The topological polar surface area (TPSA) is 92.8 Å². The van der Waals surface area contributed by atoms with Crippen LogP contribution in [0.15, 0.2) is 42.6 Å². The van der Waals surface area contributed by atoms with Gasteiger partial charge >= 0.3 is 0 Å². The lowest BCUT2D eigenvalue weighted by Gasteiger charge is -2.15. The van der Waals surface area contributed by atoms with E-state index in [4.69, 9.17) is 9.72 Å². The van der Waals surface area contributed by atoms with Crippen LogP contribution < -0.4 is 10.1 Å². The zero-order valence-corrected chi connectivity index (χ0v) is 19.4. The lowest BCUT2D eigenvalue weighted by Crippen LogP contribution is -2.23. The Balaban J connectivity index is 1.64. The largest absolute Gasteiger partial charge is 0.483 e. The molecule has 4 aromatic rings. The lowest BCUT2D eigenvalue weighted by molar-refractivity contribution is -0.118. The molecule has 0 bridgehead atoms. The summed E-state index contributed by atoms with van der Waals surface area (Å²) >= 11 is 0. The average molecular weight is 440 g/mol. The van der Waals surface area contributed by atoms with Crippen LogP contribution in [0, 0.1) is 45.9 Å². The second-order valence-corrected chi connectivity index (χ2v) is 8.19. The lowest BCUT2D eigenvalue weighted by atomic mass is 10.1. The number of hydrogen-bond acceptors (Lipinski definition) is 5. The van der Waals surface area contributed by atoms with Gasteiger partial charge in [-0.3, -0.25) is 4.79 Å². The van der Waals surface area contributed by atoms with Gasteiger partial charge in [-0.2, -0.15) is 15.0 Å². The molecule has 0 fully saturated rings. The molecule has 0 spiro atoms. The van der Waals surface area contributed by atoms with Gasteiger partial charge in [0.25, 0.3) is 5.91 Å². The Morgan fingerprint density at radius 2 is 1.82 bits per heavy atom. The molecule has 0 radical (unpaired) electrons. The van der Waals surface area contributed by atoms with Gasteiger partial charge < -0.3 is 10.1 Å². The Bertz CT molecular complexity index is 1430. The van der Waals surface area contributed by atoms with Crippen molar-refractivity contribution in [3.63, 3.8) is 0 Å². The van der Waals surface area contributed by atoms with E-state index in [9.17, 15) is 10.1 Å². The molecule has 0 unspecified atom stereocenters. The van der Waals surface area contributed by atoms with Crippen molar-refractivity contribution in [3.05, 3.63) is 76.0 Å². The highest BCUT2D eigenvalue weighted by Crippen LogP contribution is 2.27. The molecule has 7 heteroatoms. The number of pyridine rings is 1. The highest BCUT2D eigenvalue weighted by molar-refractivity contribution is 5.93. The monoisotopic (exact) mass is 439 g/mol. The summed E-state index contributed by atoms with van der Waals surface area (Å²) in [7, 11) is 0. The number of nitrogens with one attached hydrogen (secondary N) is 1. The van der Waals surface area contributed by atoms with Crippen molar-refractivity contribution < 1.29 is 9.53 Å². The van der Waals surface area contributed by atoms with Crippen molar-refractivity contribution in [2.75, 3.05) is 11.9 Å². The summed E-state index contributed by atoms with van der Waals surface area (Å²) in [5.74, 6) is 1.10. The van der Waals surface area contributed by atoms with Crippen molar-refractivity contribution >= 4 is 22.6 Å². The van der Waals surface area contributed by atoms with Crippen molar-refractivity contribution in [2.45, 2.75) is 34.6 Å². The van der Waals surface area contributed by atoms with Crippen LogP contribution in [0.1, 0.15) is 33.4 Å². The molecule has 0 saturated heterocycles. The van der Waals surface area contributed by atoms with Crippen LogP contribution >= 0.6 is 0 Å². The van der Waals surface area contributed by atoms with Gasteiger partial charge in [0, 0.05) is 5.39 Å². The van der Waals surface area contributed by atoms with Gasteiger partial charge in [-0.15, -0.1) is 0 Å². The van der Waals surface area contributed by atoms with Crippen LogP contribution in [0.5, 0.6) is 5.75 Å². The number of nitriles is 1. The molecule has 0 aliphatic carbocycles. The summed E-state index contributed by atoms with van der Waals surface area (Å²) in [6, 6.07) is 14.0. The fourth-order valence-corrected chi connectivity index (χ4v) is 3.83. The third-order valence-corrected chi connectivity index (χ3v) is 5.82. The van der Waals surface area contributed by atoms with Crippen LogP contribution in [0.25, 0.3) is 16.7 Å². The number of hydrogen-bond donors (Lipinski definition) is 1. The van der Waals surface area contributed by atoms with Gasteiger partial charge in [0.05, 0.1) is 11.7 Å². The summed E-state index contributed by atoms with van der Waals surface area (Å²) < 4.78 is 7.31. The Morgan fingerprint density at radius 1 is 1.06 bits per heavy atom. The third kappa shape index (κ3) is 4.15. The molecule has 1 amide bonds. The standard InChI is InChI=1S/C26H25N5O2/c1-15-9-10-17(3)25(19(15)5)33-14-23(32)30-26-20(12-27)13-28-31(26)22-11-18(4)21-8-6-7-16(2)24(21)29-22/h6-11,13H,14H2,1-5H3,(H,30,32). The summed E-state index contributed by atoms with van der Waals surface area (Å²) in [5, 5.41) is 17.7. The fraction of sp³-hybridized carbons (Fsp3) is 0.231. The maximum Gasteiger partial charge on any atom is 0.263 e. The number of anilines is 1. The molecule has 4 rings (SSSR count). The van der Waals surface area contributed by atoms with E-state index in [0.717, 1.165) is 38.7 Å². The summed E-state index contributed by atoms with van der Waals surface area (Å²) in [5.41, 5.74) is 6.21. The minimum absolute atomic E-state index is 0.190. The smallest absolute Gasteiger partial charge is 0.263 e. The van der Waals surface area contributed by atoms with Gasteiger partial charge in [0.2, 0.25) is 0 Å². The van der Waals surface area contributed by atoms with Gasteiger partial charge in [-0.25, -0.2) is 4.98 Å². The van der Waals surface area contributed by atoms with Crippen molar-refractivity contribution in [3.8, 4) is 17.6 Å². The van der Waals surface area contributed by atoms with E-state index in [1.165, 1.54) is 10.9 Å². The number of carbonyl (C=O) groups excluding carboxylic acids is 1. The number of aryl methyl sites for hydroxylation is 4. The summed E-state index contributed by atoms with van der Waals surface area (Å²) in [6.45, 7) is 9.72. The van der Waals surface area contributed by atoms with E-state index in [0.29, 0.717) is 11.6 Å². The molecule has 2 aromatic carbocycles. The molecule has 2 aromatic heterocycles. The first kappa shape index (κ1) is 22.0. The SMILES string of the molecule is Cc1ccc(C)c(OCC(=O)Nc2c(C#N)cnn2-c2cc(C)c3cccc(C)c3n2)c1C. The van der Waals surface area contributed by atoms with Gasteiger partial charge in [0.15, 0.2) is 18.2 Å². The number of aromatic nitrogens is 3. The molecule has 0 aliphatic heterocycles. The predicted octanol–water partition coefficient (Wildman–Crippen LogP) is 4.85. The predicted molar refractivity (Wildman–Crippen MR) is 128 cm³/mol. The number of carbonyl (C=O) groups is 1. The molecule has 2 heterocycles. The second kappa shape index (κ2) is 8.75. The Morgan fingerprint density at radius 3 is 2.58 bits per heavy atom. The van der Waals surface area contributed by atoms with Gasteiger partial charge in [0.1, 0.15) is 17.4 Å². The molecule has 166 valence electrons. The zero-order chi connectivity index (χ0) is 23.7. The highest BCUT2D eigenvalue weighted by atomic mass is 16.5.